The van der Waals surface area contributed by atoms with Gasteiger partial charge < -0.3 is 15.4 Å². The number of para-hydroxylation sites is 2. The summed E-state index contributed by atoms with van der Waals surface area (Å²) in [6.45, 7) is 8.72. The minimum Gasteiger partial charge on any atom is -0.492 e. The molecular formula is C18H29N3O2. The molecule has 1 fully saturated rings. The lowest BCUT2D eigenvalue weighted by molar-refractivity contribution is 0.114. The maximum absolute atomic E-state index is 12.1. The van der Waals surface area contributed by atoms with E-state index in [1.54, 1.807) is 0 Å². The number of piperidine rings is 1. The molecule has 128 valence electrons. The third-order valence-corrected chi connectivity index (χ3v) is 4.41. The summed E-state index contributed by atoms with van der Waals surface area (Å²) in [6, 6.07) is 8.25. The monoisotopic (exact) mass is 319 g/mol. The summed E-state index contributed by atoms with van der Waals surface area (Å²) in [5.74, 6) is 0.697. The van der Waals surface area contributed by atoms with Gasteiger partial charge in [-0.25, -0.2) is 4.79 Å². The first kappa shape index (κ1) is 17.6. The number of carbonyl (C=O) groups excluding carboxylic acids is 1. The predicted molar refractivity (Wildman–Crippen MR) is 94.1 cm³/mol. The van der Waals surface area contributed by atoms with Crippen LogP contribution in [-0.2, 0) is 0 Å². The number of benzene rings is 1. The zero-order valence-corrected chi connectivity index (χ0v) is 14.5. The average Bonchev–Trinajstić information content (AvgIpc) is 2.55. The fourth-order valence-electron chi connectivity index (χ4n) is 3.15. The summed E-state index contributed by atoms with van der Waals surface area (Å²) >= 11 is 0. The van der Waals surface area contributed by atoms with Crippen LogP contribution in [-0.4, -0.2) is 42.7 Å². The van der Waals surface area contributed by atoms with Crippen molar-refractivity contribution >= 4 is 11.7 Å². The van der Waals surface area contributed by atoms with Gasteiger partial charge in [-0.15, -0.1) is 0 Å². The summed E-state index contributed by atoms with van der Waals surface area (Å²) < 4.78 is 5.52. The Balaban J connectivity index is 1.83. The van der Waals surface area contributed by atoms with Crippen LogP contribution in [0.4, 0.5) is 10.5 Å². The molecule has 0 bridgehead atoms. The number of likely N-dealkylation sites (tertiary alicyclic amines) is 1. The van der Waals surface area contributed by atoms with Crippen molar-refractivity contribution in [3.8, 4) is 5.75 Å². The van der Waals surface area contributed by atoms with Crippen LogP contribution in [0.25, 0.3) is 0 Å². The van der Waals surface area contributed by atoms with Gasteiger partial charge in [0.2, 0.25) is 0 Å². The third-order valence-electron chi connectivity index (χ3n) is 4.41. The van der Waals surface area contributed by atoms with Crippen LogP contribution < -0.4 is 15.4 Å². The number of hydrogen-bond acceptors (Lipinski definition) is 3. The second kappa shape index (κ2) is 8.77. The Morgan fingerprint density at radius 2 is 2.17 bits per heavy atom. The quantitative estimate of drug-likeness (QED) is 0.844. The van der Waals surface area contributed by atoms with Gasteiger partial charge in [-0.3, -0.25) is 4.90 Å². The van der Waals surface area contributed by atoms with E-state index in [-0.39, 0.29) is 6.03 Å². The lowest BCUT2D eigenvalue weighted by atomic mass is 10.0. The predicted octanol–water partition coefficient (Wildman–Crippen LogP) is 3.47. The Morgan fingerprint density at radius 3 is 2.91 bits per heavy atom. The van der Waals surface area contributed by atoms with Gasteiger partial charge in [0.05, 0.1) is 12.3 Å². The molecule has 5 nitrogen and oxygen atoms in total. The molecule has 0 saturated carbocycles. The number of carbonyl (C=O) groups is 1. The third kappa shape index (κ3) is 5.13. The van der Waals surface area contributed by atoms with Crippen LogP contribution in [0.15, 0.2) is 24.3 Å². The minimum atomic E-state index is -0.186. The van der Waals surface area contributed by atoms with Gasteiger partial charge in [0.25, 0.3) is 0 Å². The van der Waals surface area contributed by atoms with Crippen molar-refractivity contribution in [3.63, 3.8) is 0 Å². The maximum atomic E-state index is 12.1. The molecule has 1 aromatic rings. The minimum absolute atomic E-state index is 0.186. The molecule has 2 N–H and O–H groups in total. The van der Waals surface area contributed by atoms with Crippen LogP contribution in [0.2, 0.25) is 0 Å². The van der Waals surface area contributed by atoms with Crippen LogP contribution in [0.1, 0.15) is 40.0 Å². The summed E-state index contributed by atoms with van der Waals surface area (Å²) in [4.78, 5) is 14.6. The number of ether oxygens (including phenoxy) is 1. The molecule has 1 aromatic carbocycles. The van der Waals surface area contributed by atoms with E-state index >= 15 is 0 Å². The highest BCUT2D eigenvalue weighted by Crippen LogP contribution is 2.23. The molecule has 1 heterocycles. The highest BCUT2D eigenvalue weighted by atomic mass is 16.5. The van der Waals surface area contributed by atoms with Crippen molar-refractivity contribution in [2.24, 2.45) is 0 Å². The van der Waals surface area contributed by atoms with E-state index in [0.717, 1.165) is 6.54 Å². The molecule has 0 unspecified atom stereocenters. The molecule has 0 radical (unpaired) electrons. The summed E-state index contributed by atoms with van der Waals surface area (Å²) in [7, 11) is 0. The van der Waals surface area contributed by atoms with Crippen molar-refractivity contribution in [3.05, 3.63) is 24.3 Å². The Hall–Kier alpha value is -1.75. The zero-order chi connectivity index (χ0) is 16.7. The van der Waals surface area contributed by atoms with Crippen LogP contribution in [0, 0.1) is 0 Å². The number of amides is 2. The molecule has 2 rings (SSSR count). The van der Waals surface area contributed by atoms with E-state index in [1.807, 2.05) is 31.2 Å². The first-order chi connectivity index (χ1) is 11.1. The Morgan fingerprint density at radius 1 is 1.39 bits per heavy atom. The van der Waals surface area contributed by atoms with Gasteiger partial charge in [-0.1, -0.05) is 18.6 Å². The second-order valence-electron chi connectivity index (χ2n) is 6.20. The topological polar surface area (TPSA) is 53.6 Å². The first-order valence-corrected chi connectivity index (χ1v) is 8.64. The fourth-order valence-corrected chi connectivity index (χ4v) is 3.15. The Labute approximate surface area is 139 Å². The second-order valence-corrected chi connectivity index (χ2v) is 6.20. The molecule has 1 saturated heterocycles. The van der Waals surface area contributed by atoms with E-state index in [0.29, 0.717) is 36.7 Å². The van der Waals surface area contributed by atoms with Crippen molar-refractivity contribution in [1.82, 2.24) is 10.2 Å². The van der Waals surface area contributed by atoms with E-state index in [1.165, 1.54) is 19.3 Å². The van der Waals surface area contributed by atoms with Crippen molar-refractivity contribution in [2.75, 3.05) is 25.0 Å². The van der Waals surface area contributed by atoms with E-state index < -0.39 is 0 Å². The molecule has 5 heteroatoms. The van der Waals surface area contributed by atoms with Crippen molar-refractivity contribution in [1.29, 1.82) is 0 Å². The van der Waals surface area contributed by atoms with Gasteiger partial charge in [-0.05, 0) is 52.3 Å². The van der Waals surface area contributed by atoms with Gasteiger partial charge in [-0.2, -0.15) is 0 Å². The molecular weight excluding hydrogens is 290 g/mol. The van der Waals surface area contributed by atoms with Gasteiger partial charge >= 0.3 is 6.03 Å². The number of anilines is 1. The molecule has 1 aliphatic heterocycles. The molecule has 0 spiro atoms. The van der Waals surface area contributed by atoms with Crippen LogP contribution >= 0.6 is 0 Å². The Kier molecular flexibility index (Phi) is 6.71. The maximum Gasteiger partial charge on any atom is 0.319 e. The van der Waals surface area contributed by atoms with E-state index in [2.05, 4.69) is 29.4 Å². The van der Waals surface area contributed by atoms with Crippen molar-refractivity contribution in [2.45, 2.75) is 52.1 Å². The number of nitrogens with zero attached hydrogens (tertiary/aromatic N) is 1. The first-order valence-electron chi connectivity index (χ1n) is 8.64. The molecule has 0 aliphatic carbocycles. The van der Waals surface area contributed by atoms with Crippen LogP contribution in [0.3, 0.4) is 0 Å². The molecule has 2 amide bonds. The highest BCUT2D eigenvalue weighted by Gasteiger charge is 2.23. The lowest BCUT2D eigenvalue weighted by Gasteiger charge is -2.38. The molecule has 23 heavy (non-hydrogen) atoms. The van der Waals surface area contributed by atoms with Gasteiger partial charge in [0.1, 0.15) is 5.75 Å². The summed E-state index contributed by atoms with van der Waals surface area (Å²) in [6.07, 6.45) is 3.81. The molecule has 1 aliphatic rings. The molecule has 2 atom stereocenters. The summed E-state index contributed by atoms with van der Waals surface area (Å²) in [5.41, 5.74) is 0.700. The van der Waals surface area contributed by atoms with Gasteiger partial charge in [0, 0.05) is 18.6 Å². The smallest absolute Gasteiger partial charge is 0.319 e. The van der Waals surface area contributed by atoms with Crippen LogP contribution in [0.5, 0.6) is 5.75 Å². The largest absolute Gasteiger partial charge is 0.492 e. The number of rotatable bonds is 6. The normalized spacial score (nSPS) is 19.9. The molecule has 0 aromatic heterocycles. The summed E-state index contributed by atoms with van der Waals surface area (Å²) in [5, 5.41) is 5.84. The number of hydrogen-bond donors (Lipinski definition) is 2. The average molecular weight is 319 g/mol. The van der Waals surface area contributed by atoms with Crippen molar-refractivity contribution < 1.29 is 9.53 Å². The SMILES string of the molecule is CCOc1ccccc1NC(=O)NC[C@@H](C)N1CCCC[C@@H]1C. The zero-order valence-electron chi connectivity index (χ0n) is 14.5. The standard InChI is InChI=1S/C18H29N3O2/c1-4-23-17-11-6-5-10-16(17)20-18(22)19-13-15(3)21-12-8-7-9-14(21)2/h5-6,10-11,14-15H,4,7-9,12-13H2,1-3H3,(H2,19,20,22)/t14-,15+/m0/s1. The van der Waals surface area contributed by atoms with E-state index in [9.17, 15) is 4.79 Å². The number of nitrogens with one attached hydrogen (secondary N) is 2. The van der Waals surface area contributed by atoms with E-state index in [4.69, 9.17) is 4.74 Å². The van der Waals surface area contributed by atoms with Gasteiger partial charge in [0.15, 0.2) is 0 Å². The number of urea groups is 1. The lowest BCUT2D eigenvalue weighted by Crippen LogP contribution is -2.49. The fraction of sp³-hybridized carbons (Fsp3) is 0.611. The Bertz CT molecular complexity index is 507. The highest BCUT2D eigenvalue weighted by molar-refractivity contribution is 5.90.